The highest BCUT2D eigenvalue weighted by Crippen LogP contribution is 2.37. The van der Waals surface area contributed by atoms with Crippen LogP contribution in [0.2, 0.25) is 0 Å². The van der Waals surface area contributed by atoms with E-state index in [1.807, 2.05) is 30.3 Å². The molecule has 0 unspecified atom stereocenters. The standard InChI is InChI=1S/C23H17BrO5/c1-27-19-9-7-15(11-20(19)28-13-14-5-3-2-4-6-14)23-22(26)21(25)17-12-16(24)8-10-18(17)29-23/h2-12,26H,13H2,1H3. The second-order valence-corrected chi connectivity index (χ2v) is 7.30. The first-order valence-corrected chi connectivity index (χ1v) is 9.66. The Bertz CT molecular complexity index is 1230. The van der Waals surface area contributed by atoms with E-state index in [4.69, 9.17) is 13.9 Å². The van der Waals surface area contributed by atoms with Crippen LogP contribution in [0.4, 0.5) is 0 Å². The van der Waals surface area contributed by atoms with Crippen LogP contribution >= 0.6 is 15.9 Å². The van der Waals surface area contributed by atoms with Gasteiger partial charge in [0.15, 0.2) is 17.3 Å². The molecule has 5 nitrogen and oxygen atoms in total. The van der Waals surface area contributed by atoms with Gasteiger partial charge < -0.3 is 19.0 Å². The number of hydrogen-bond acceptors (Lipinski definition) is 5. The van der Waals surface area contributed by atoms with Crippen molar-refractivity contribution in [3.05, 3.63) is 87.0 Å². The highest BCUT2D eigenvalue weighted by atomic mass is 79.9. The van der Waals surface area contributed by atoms with E-state index in [1.54, 1.807) is 43.5 Å². The fourth-order valence-corrected chi connectivity index (χ4v) is 3.38. The lowest BCUT2D eigenvalue weighted by Gasteiger charge is -2.13. The van der Waals surface area contributed by atoms with E-state index in [9.17, 15) is 9.90 Å². The molecule has 6 heteroatoms. The van der Waals surface area contributed by atoms with Gasteiger partial charge in [0.25, 0.3) is 0 Å². The summed E-state index contributed by atoms with van der Waals surface area (Å²) in [7, 11) is 1.55. The maximum Gasteiger partial charge on any atom is 0.235 e. The molecular weight excluding hydrogens is 436 g/mol. The molecule has 0 saturated carbocycles. The molecule has 1 N–H and O–H groups in total. The molecule has 29 heavy (non-hydrogen) atoms. The van der Waals surface area contributed by atoms with Crippen LogP contribution in [-0.4, -0.2) is 12.2 Å². The van der Waals surface area contributed by atoms with E-state index < -0.39 is 11.2 Å². The van der Waals surface area contributed by atoms with Crippen molar-refractivity contribution in [2.24, 2.45) is 0 Å². The van der Waals surface area contributed by atoms with Crippen molar-refractivity contribution in [2.75, 3.05) is 7.11 Å². The molecule has 0 fully saturated rings. The van der Waals surface area contributed by atoms with Gasteiger partial charge in [-0.25, -0.2) is 0 Å². The molecular formula is C23H17BrO5. The van der Waals surface area contributed by atoms with E-state index in [-0.39, 0.29) is 5.76 Å². The fraction of sp³-hybridized carbons (Fsp3) is 0.0870. The highest BCUT2D eigenvalue weighted by molar-refractivity contribution is 9.10. The normalized spacial score (nSPS) is 10.8. The largest absolute Gasteiger partial charge is 0.502 e. The van der Waals surface area contributed by atoms with Crippen LogP contribution in [0.1, 0.15) is 5.56 Å². The van der Waals surface area contributed by atoms with Crippen LogP contribution in [0.3, 0.4) is 0 Å². The van der Waals surface area contributed by atoms with Gasteiger partial charge >= 0.3 is 0 Å². The Kier molecular flexibility index (Phi) is 5.27. The van der Waals surface area contributed by atoms with Crippen LogP contribution in [0.15, 0.2) is 80.4 Å². The van der Waals surface area contributed by atoms with Gasteiger partial charge in [0.1, 0.15) is 12.2 Å². The zero-order chi connectivity index (χ0) is 20.4. The zero-order valence-electron chi connectivity index (χ0n) is 15.5. The SMILES string of the molecule is COc1ccc(-c2oc3ccc(Br)cc3c(=O)c2O)cc1OCc1ccccc1. The quantitative estimate of drug-likeness (QED) is 0.431. The summed E-state index contributed by atoms with van der Waals surface area (Å²) in [6.45, 7) is 0.350. The summed E-state index contributed by atoms with van der Waals surface area (Å²) in [5, 5.41) is 10.8. The Morgan fingerprint density at radius 1 is 1.00 bits per heavy atom. The molecule has 0 bridgehead atoms. The molecule has 146 valence electrons. The molecule has 0 aliphatic carbocycles. The van der Waals surface area contributed by atoms with Gasteiger partial charge in [-0.1, -0.05) is 46.3 Å². The molecule has 0 saturated heterocycles. The zero-order valence-corrected chi connectivity index (χ0v) is 17.1. The molecule has 0 amide bonds. The van der Waals surface area contributed by atoms with Gasteiger partial charge in [0.05, 0.1) is 12.5 Å². The Morgan fingerprint density at radius 2 is 1.79 bits per heavy atom. The molecule has 0 aliphatic heterocycles. The minimum absolute atomic E-state index is 0.0806. The number of aromatic hydroxyl groups is 1. The molecule has 0 spiro atoms. The number of ether oxygens (including phenoxy) is 2. The van der Waals surface area contributed by atoms with E-state index in [1.165, 1.54) is 0 Å². The first-order chi connectivity index (χ1) is 14.1. The molecule has 0 atom stereocenters. The minimum atomic E-state index is -0.495. The van der Waals surface area contributed by atoms with Gasteiger partial charge in [-0.05, 0) is 42.0 Å². The van der Waals surface area contributed by atoms with E-state index >= 15 is 0 Å². The van der Waals surface area contributed by atoms with Gasteiger partial charge in [-0.2, -0.15) is 0 Å². The first kappa shape index (κ1) is 19.1. The molecule has 1 heterocycles. The van der Waals surface area contributed by atoms with Gasteiger partial charge in [-0.15, -0.1) is 0 Å². The maximum atomic E-state index is 12.6. The summed E-state index contributed by atoms with van der Waals surface area (Å²) in [6.07, 6.45) is 0. The predicted molar refractivity (Wildman–Crippen MR) is 115 cm³/mol. The number of rotatable bonds is 5. The fourth-order valence-electron chi connectivity index (χ4n) is 3.02. The molecule has 4 rings (SSSR count). The second-order valence-electron chi connectivity index (χ2n) is 6.39. The van der Waals surface area contributed by atoms with Crippen LogP contribution in [-0.2, 0) is 6.61 Å². The molecule has 0 radical (unpaired) electrons. The number of hydrogen-bond donors (Lipinski definition) is 1. The number of methoxy groups -OCH3 is 1. The van der Waals surface area contributed by atoms with Crippen molar-refractivity contribution >= 4 is 26.9 Å². The van der Waals surface area contributed by atoms with Crippen LogP contribution < -0.4 is 14.9 Å². The van der Waals surface area contributed by atoms with E-state index in [2.05, 4.69) is 15.9 Å². The Hall–Kier alpha value is -3.25. The third-order valence-electron chi connectivity index (χ3n) is 4.49. The number of fused-ring (bicyclic) bond motifs is 1. The average Bonchev–Trinajstić information content (AvgIpc) is 2.75. The van der Waals surface area contributed by atoms with Crippen LogP contribution in [0, 0.1) is 0 Å². The molecule has 1 aromatic heterocycles. The monoisotopic (exact) mass is 452 g/mol. The summed E-state index contributed by atoms with van der Waals surface area (Å²) >= 11 is 3.32. The summed E-state index contributed by atoms with van der Waals surface area (Å²) in [5.41, 5.74) is 1.40. The van der Waals surface area contributed by atoms with E-state index in [0.29, 0.717) is 34.6 Å². The third kappa shape index (κ3) is 3.84. The smallest absolute Gasteiger partial charge is 0.235 e. The average molecular weight is 453 g/mol. The summed E-state index contributed by atoms with van der Waals surface area (Å²) in [4.78, 5) is 12.6. The Balaban J connectivity index is 1.76. The van der Waals surface area contributed by atoms with E-state index in [0.717, 1.165) is 10.0 Å². The van der Waals surface area contributed by atoms with Gasteiger partial charge in [0.2, 0.25) is 11.2 Å². The van der Waals surface area contributed by atoms with Crippen molar-refractivity contribution in [3.63, 3.8) is 0 Å². The Morgan fingerprint density at radius 3 is 2.55 bits per heavy atom. The summed E-state index contributed by atoms with van der Waals surface area (Å²) < 4.78 is 17.9. The highest BCUT2D eigenvalue weighted by Gasteiger charge is 2.17. The van der Waals surface area contributed by atoms with Gasteiger partial charge in [0, 0.05) is 10.0 Å². The number of halogens is 1. The minimum Gasteiger partial charge on any atom is -0.502 e. The van der Waals surface area contributed by atoms with Crippen molar-refractivity contribution < 1.29 is 19.0 Å². The maximum absolute atomic E-state index is 12.6. The lowest BCUT2D eigenvalue weighted by molar-refractivity contribution is 0.284. The van der Waals surface area contributed by atoms with Gasteiger partial charge in [-0.3, -0.25) is 4.79 Å². The van der Waals surface area contributed by atoms with Crippen molar-refractivity contribution in [1.29, 1.82) is 0 Å². The van der Waals surface area contributed by atoms with Crippen LogP contribution in [0.5, 0.6) is 17.2 Å². The Labute approximate surface area is 175 Å². The van der Waals surface area contributed by atoms with Crippen LogP contribution in [0.25, 0.3) is 22.3 Å². The second kappa shape index (κ2) is 8.01. The van der Waals surface area contributed by atoms with Crippen molar-refractivity contribution in [3.8, 4) is 28.6 Å². The first-order valence-electron chi connectivity index (χ1n) is 8.87. The molecule has 4 aromatic rings. The van der Waals surface area contributed by atoms with Crippen molar-refractivity contribution in [2.45, 2.75) is 6.61 Å². The molecule has 0 aliphatic rings. The predicted octanol–water partition coefficient (Wildman–Crippen LogP) is 5.52. The topological polar surface area (TPSA) is 68.9 Å². The number of benzene rings is 3. The lowest BCUT2D eigenvalue weighted by atomic mass is 10.1. The summed E-state index contributed by atoms with van der Waals surface area (Å²) in [5.74, 6) is 0.648. The molecule has 3 aromatic carbocycles. The lowest BCUT2D eigenvalue weighted by Crippen LogP contribution is -2.03. The van der Waals surface area contributed by atoms with Crippen molar-refractivity contribution in [1.82, 2.24) is 0 Å². The summed E-state index contributed by atoms with van der Waals surface area (Å²) in [6, 6.07) is 19.9. The third-order valence-corrected chi connectivity index (χ3v) is 4.98.